The smallest absolute Gasteiger partial charge is 0.255 e. The predicted molar refractivity (Wildman–Crippen MR) is 70.7 cm³/mol. The number of rotatable bonds is 6. The summed E-state index contributed by atoms with van der Waals surface area (Å²) in [5, 5.41) is 12.2. The van der Waals surface area contributed by atoms with Gasteiger partial charge in [-0.15, -0.1) is 0 Å². The van der Waals surface area contributed by atoms with E-state index in [0.717, 1.165) is 6.42 Å². The lowest BCUT2D eigenvalue weighted by atomic mass is 10.1. The van der Waals surface area contributed by atoms with Crippen LogP contribution >= 0.6 is 0 Å². The molecule has 0 bridgehead atoms. The van der Waals surface area contributed by atoms with Crippen LogP contribution in [-0.4, -0.2) is 30.8 Å². The summed E-state index contributed by atoms with van der Waals surface area (Å²) in [7, 11) is 1.47. The van der Waals surface area contributed by atoms with Gasteiger partial charge in [-0.2, -0.15) is 0 Å². The molecule has 0 fully saturated rings. The fourth-order valence-corrected chi connectivity index (χ4v) is 1.70. The Hall–Kier alpha value is -1.75. The first-order valence-corrected chi connectivity index (χ1v) is 5.98. The molecular formula is C13H20N2O3. The van der Waals surface area contributed by atoms with Gasteiger partial charge >= 0.3 is 0 Å². The SMILES string of the molecule is CCCC(O)CNC(=O)c1cccc(N)c1OC. The van der Waals surface area contributed by atoms with Crippen LogP contribution in [0.25, 0.3) is 0 Å². The Morgan fingerprint density at radius 2 is 2.28 bits per heavy atom. The quantitative estimate of drug-likeness (QED) is 0.663. The minimum Gasteiger partial charge on any atom is -0.494 e. The lowest BCUT2D eigenvalue weighted by Gasteiger charge is -2.13. The lowest BCUT2D eigenvalue weighted by Crippen LogP contribution is -2.32. The topological polar surface area (TPSA) is 84.6 Å². The van der Waals surface area contributed by atoms with E-state index in [4.69, 9.17) is 10.5 Å². The molecular weight excluding hydrogens is 232 g/mol. The number of methoxy groups -OCH3 is 1. The number of aliphatic hydroxyl groups is 1. The number of hydrogen-bond acceptors (Lipinski definition) is 4. The van der Waals surface area contributed by atoms with E-state index in [2.05, 4.69) is 5.32 Å². The Bertz CT molecular complexity index is 407. The number of anilines is 1. The minimum absolute atomic E-state index is 0.227. The van der Waals surface area contributed by atoms with E-state index >= 15 is 0 Å². The Morgan fingerprint density at radius 3 is 2.89 bits per heavy atom. The van der Waals surface area contributed by atoms with Crippen molar-refractivity contribution in [2.24, 2.45) is 0 Å². The first kappa shape index (κ1) is 14.3. The first-order valence-electron chi connectivity index (χ1n) is 5.98. The molecule has 1 unspecified atom stereocenters. The molecule has 1 aromatic carbocycles. The number of ether oxygens (including phenoxy) is 1. The highest BCUT2D eigenvalue weighted by atomic mass is 16.5. The van der Waals surface area contributed by atoms with E-state index in [1.165, 1.54) is 7.11 Å². The van der Waals surface area contributed by atoms with Gasteiger partial charge in [0.25, 0.3) is 5.91 Å². The molecule has 1 rings (SSSR count). The average Bonchev–Trinajstić information content (AvgIpc) is 2.36. The highest BCUT2D eigenvalue weighted by molar-refractivity contribution is 5.98. The number of hydrogen-bond donors (Lipinski definition) is 3. The number of carbonyl (C=O) groups is 1. The second kappa shape index (κ2) is 6.86. The molecule has 1 atom stereocenters. The highest BCUT2D eigenvalue weighted by Crippen LogP contribution is 2.25. The van der Waals surface area contributed by atoms with Crippen LogP contribution in [0, 0.1) is 0 Å². The fourth-order valence-electron chi connectivity index (χ4n) is 1.70. The van der Waals surface area contributed by atoms with Crippen molar-refractivity contribution in [2.45, 2.75) is 25.9 Å². The number of nitrogen functional groups attached to an aromatic ring is 1. The van der Waals surface area contributed by atoms with Crippen molar-refractivity contribution >= 4 is 11.6 Å². The van der Waals surface area contributed by atoms with E-state index in [9.17, 15) is 9.90 Å². The van der Waals surface area contributed by atoms with Gasteiger partial charge in [-0.25, -0.2) is 0 Å². The molecule has 1 aromatic rings. The second-order valence-corrected chi connectivity index (χ2v) is 4.08. The van der Waals surface area contributed by atoms with Crippen molar-refractivity contribution in [2.75, 3.05) is 19.4 Å². The van der Waals surface area contributed by atoms with Gasteiger partial charge in [0.15, 0.2) is 5.75 Å². The van der Waals surface area contributed by atoms with Gasteiger partial charge in [-0.1, -0.05) is 19.4 Å². The van der Waals surface area contributed by atoms with Crippen molar-refractivity contribution in [3.63, 3.8) is 0 Å². The summed E-state index contributed by atoms with van der Waals surface area (Å²) in [6.45, 7) is 2.20. The van der Waals surface area contributed by atoms with Gasteiger partial charge in [0, 0.05) is 6.54 Å². The van der Waals surface area contributed by atoms with Crippen LogP contribution in [0.3, 0.4) is 0 Å². The standard InChI is InChI=1S/C13H20N2O3/c1-3-5-9(16)8-15-13(17)10-6-4-7-11(14)12(10)18-2/h4,6-7,9,16H,3,5,8,14H2,1-2H3,(H,15,17). The Balaban J connectivity index is 2.70. The van der Waals surface area contributed by atoms with E-state index in [1.54, 1.807) is 18.2 Å². The van der Waals surface area contributed by atoms with Crippen molar-refractivity contribution in [3.8, 4) is 5.75 Å². The summed E-state index contributed by atoms with van der Waals surface area (Å²) in [5.41, 5.74) is 6.51. The highest BCUT2D eigenvalue weighted by Gasteiger charge is 2.15. The summed E-state index contributed by atoms with van der Waals surface area (Å²) in [6.07, 6.45) is 1.01. The third-order valence-corrected chi connectivity index (χ3v) is 2.61. The third-order valence-electron chi connectivity index (χ3n) is 2.61. The van der Waals surface area contributed by atoms with Gasteiger partial charge in [0.2, 0.25) is 0 Å². The number of nitrogens with one attached hydrogen (secondary N) is 1. The number of benzene rings is 1. The van der Waals surface area contributed by atoms with Crippen molar-refractivity contribution in [1.82, 2.24) is 5.32 Å². The zero-order valence-electron chi connectivity index (χ0n) is 10.8. The van der Waals surface area contributed by atoms with Gasteiger partial charge in [0.05, 0.1) is 24.5 Å². The molecule has 0 radical (unpaired) electrons. The maximum absolute atomic E-state index is 11.9. The van der Waals surface area contributed by atoms with Crippen molar-refractivity contribution < 1.29 is 14.6 Å². The number of aliphatic hydroxyl groups excluding tert-OH is 1. The first-order chi connectivity index (χ1) is 8.60. The number of amides is 1. The van der Waals surface area contributed by atoms with Crippen LogP contribution in [0.5, 0.6) is 5.75 Å². The number of carbonyl (C=O) groups excluding carboxylic acids is 1. The zero-order valence-corrected chi connectivity index (χ0v) is 10.8. The molecule has 4 N–H and O–H groups in total. The van der Waals surface area contributed by atoms with E-state index in [1.807, 2.05) is 6.92 Å². The molecule has 1 amide bonds. The normalized spacial score (nSPS) is 11.9. The molecule has 0 saturated heterocycles. The minimum atomic E-state index is -0.522. The van der Waals surface area contributed by atoms with Crippen LogP contribution in [0.15, 0.2) is 18.2 Å². The predicted octanol–water partition coefficient (Wildman–Crippen LogP) is 1.17. The molecule has 0 heterocycles. The molecule has 0 aliphatic rings. The van der Waals surface area contributed by atoms with Crippen LogP contribution in [0.2, 0.25) is 0 Å². The number of para-hydroxylation sites is 1. The second-order valence-electron chi connectivity index (χ2n) is 4.08. The summed E-state index contributed by atoms with van der Waals surface area (Å²) < 4.78 is 5.10. The van der Waals surface area contributed by atoms with Crippen molar-refractivity contribution in [3.05, 3.63) is 23.8 Å². The van der Waals surface area contributed by atoms with Gasteiger partial charge in [-0.3, -0.25) is 4.79 Å². The fraction of sp³-hybridized carbons (Fsp3) is 0.462. The van der Waals surface area contributed by atoms with Gasteiger partial charge in [-0.05, 0) is 18.6 Å². The van der Waals surface area contributed by atoms with Crippen molar-refractivity contribution in [1.29, 1.82) is 0 Å². The molecule has 5 heteroatoms. The maximum atomic E-state index is 11.9. The van der Waals surface area contributed by atoms with E-state index < -0.39 is 6.10 Å². The summed E-state index contributed by atoms with van der Waals surface area (Å²) in [5.74, 6) is 0.0642. The van der Waals surface area contributed by atoms with Gasteiger partial charge < -0.3 is 20.9 Å². The van der Waals surface area contributed by atoms with Crippen LogP contribution in [0.1, 0.15) is 30.1 Å². The monoisotopic (exact) mass is 252 g/mol. The van der Waals surface area contributed by atoms with Crippen LogP contribution in [-0.2, 0) is 0 Å². The average molecular weight is 252 g/mol. The largest absolute Gasteiger partial charge is 0.494 e. The Kier molecular flexibility index (Phi) is 5.45. The molecule has 0 aromatic heterocycles. The van der Waals surface area contributed by atoms with Crippen LogP contribution < -0.4 is 15.8 Å². The molecule has 0 aliphatic carbocycles. The Morgan fingerprint density at radius 1 is 1.56 bits per heavy atom. The summed E-state index contributed by atoms with van der Waals surface area (Å²) >= 11 is 0. The maximum Gasteiger partial charge on any atom is 0.255 e. The van der Waals surface area contributed by atoms with E-state index in [0.29, 0.717) is 23.4 Å². The molecule has 0 spiro atoms. The third kappa shape index (κ3) is 3.63. The molecule has 18 heavy (non-hydrogen) atoms. The molecule has 0 aliphatic heterocycles. The van der Waals surface area contributed by atoms with Gasteiger partial charge in [0.1, 0.15) is 0 Å². The molecule has 0 saturated carbocycles. The molecule has 5 nitrogen and oxygen atoms in total. The number of nitrogens with two attached hydrogens (primary N) is 1. The summed E-state index contributed by atoms with van der Waals surface area (Å²) in [6, 6.07) is 4.99. The summed E-state index contributed by atoms with van der Waals surface area (Å²) in [4.78, 5) is 11.9. The van der Waals surface area contributed by atoms with Crippen LogP contribution in [0.4, 0.5) is 5.69 Å². The molecule has 100 valence electrons. The van der Waals surface area contributed by atoms with E-state index in [-0.39, 0.29) is 12.5 Å². The Labute approximate surface area is 107 Å². The lowest BCUT2D eigenvalue weighted by molar-refractivity contribution is 0.0907. The zero-order chi connectivity index (χ0) is 13.5.